The molecule has 0 amide bonds. The summed E-state index contributed by atoms with van der Waals surface area (Å²) in [6, 6.07) is 0. The molecule has 0 aromatic carbocycles. The summed E-state index contributed by atoms with van der Waals surface area (Å²) in [6.45, 7) is 2.19. The highest BCUT2D eigenvalue weighted by atomic mass is 35.5. The average Bonchev–Trinajstić information content (AvgIpc) is 2.45. The number of ether oxygens (including phenoxy) is 1. The molecule has 0 aromatic rings. The maximum Gasteiger partial charge on any atom is 0.332 e. The van der Waals surface area contributed by atoms with Gasteiger partial charge in [-0.25, -0.2) is 4.79 Å². The Labute approximate surface area is 90.3 Å². The van der Waals surface area contributed by atoms with Crippen molar-refractivity contribution in [1.29, 1.82) is 0 Å². The van der Waals surface area contributed by atoms with Gasteiger partial charge in [-0.1, -0.05) is 44.2 Å². The minimum Gasteiger partial charge on any atom is -0.453 e. The zero-order chi connectivity index (χ0) is 10.4. The summed E-state index contributed by atoms with van der Waals surface area (Å²) in [5, 5.41) is 0.561. The Kier molecular flexibility index (Phi) is 5.02. The molecule has 0 aliphatic carbocycles. The standard InChI is InChI=1S/C11H17ClO2/c1-2-3-4-5-6-7-10-9(12)8-11(13)14-10/h8,10H,2-7H2,1H3. The van der Waals surface area contributed by atoms with Crippen LogP contribution in [0.15, 0.2) is 11.1 Å². The third-order valence-electron chi connectivity index (χ3n) is 2.39. The number of cyclic esters (lactones) is 1. The quantitative estimate of drug-likeness (QED) is 0.503. The third-order valence-corrected chi connectivity index (χ3v) is 2.74. The summed E-state index contributed by atoms with van der Waals surface area (Å²) in [6.07, 6.45) is 8.16. The molecule has 1 aliphatic rings. The van der Waals surface area contributed by atoms with Crippen LogP contribution in [0.25, 0.3) is 0 Å². The molecule has 0 bridgehead atoms. The normalized spacial score (nSPS) is 20.9. The van der Waals surface area contributed by atoms with Crippen molar-refractivity contribution in [3.8, 4) is 0 Å². The van der Waals surface area contributed by atoms with Gasteiger partial charge in [-0.15, -0.1) is 0 Å². The van der Waals surface area contributed by atoms with Gasteiger partial charge in [0.05, 0.1) is 5.03 Å². The Morgan fingerprint density at radius 2 is 2.07 bits per heavy atom. The summed E-state index contributed by atoms with van der Waals surface area (Å²) in [7, 11) is 0. The van der Waals surface area contributed by atoms with Crippen LogP contribution >= 0.6 is 11.6 Å². The van der Waals surface area contributed by atoms with E-state index in [1.807, 2.05) is 0 Å². The lowest BCUT2D eigenvalue weighted by Crippen LogP contribution is -2.09. The molecule has 0 aromatic heterocycles. The van der Waals surface area contributed by atoms with E-state index in [0.717, 1.165) is 12.8 Å². The van der Waals surface area contributed by atoms with E-state index in [9.17, 15) is 4.79 Å². The molecule has 1 atom stereocenters. The maximum absolute atomic E-state index is 10.8. The van der Waals surface area contributed by atoms with Crippen LogP contribution in [0.1, 0.15) is 45.4 Å². The first-order valence-electron chi connectivity index (χ1n) is 5.31. The van der Waals surface area contributed by atoms with Crippen LogP contribution in [-0.4, -0.2) is 12.1 Å². The minimum absolute atomic E-state index is 0.161. The number of rotatable bonds is 6. The number of carbonyl (C=O) groups excluding carboxylic acids is 1. The number of hydrogen-bond donors (Lipinski definition) is 0. The highest BCUT2D eigenvalue weighted by Crippen LogP contribution is 2.24. The number of unbranched alkanes of at least 4 members (excludes halogenated alkanes) is 4. The third kappa shape index (κ3) is 3.70. The molecule has 0 saturated carbocycles. The second kappa shape index (κ2) is 6.07. The van der Waals surface area contributed by atoms with Crippen molar-refractivity contribution in [2.24, 2.45) is 0 Å². The van der Waals surface area contributed by atoms with E-state index in [2.05, 4.69) is 6.92 Å². The lowest BCUT2D eigenvalue weighted by Gasteiger charge is -2.09. The maximum atomic E-state index is 10.8. The topological polar surface area (TPSA) is 26.3 Å². The van der Waals surface area contributed by atoms with Crippen LogP contribution in [0, 0.1) is 0 Å². The molecule has 1 heterocycles. The van der Waals surface area contributed by atoms with Gasteiger partial charge in [0.25, 0.3) is 0 Å². The molecule has 1 rings (SSSR count). The van der Waals surface area contributed by atoms with Crippen molar-refractivity contribution >= 4 is 17.6 Å². The molecule has 1 unspecified atom stereocenters. The summed E-state index contributed by atoms with van der Waals surface area (Å²) < 4.78 is 5.02. The van der Waals surface area contributed by atoms with Gasteiger partial charge in [0, 0.05) is 6.08 Å². The van der Waals surface area contributed by atoms with Gasteiger partial charge in [-0.05, 0) is 12.8 Å². The van der Waals surface area contributed by atoms with E-state index in [1.165, 1.54) is 31.8 Å². The molecule has 0 fully saturated rings. The van der Waals surface area contributed by atoms with Gasteiger partial charge >= 0.3 is 5.97 Å². The Bertz CT molecular complexity index is 223. The van der Waals surface area contributed by atoms with E-state index in [4.69, 9.17) is 16.3 Å². The molecule has 0 saturated heterocycles. The molecule has 14 heavy (non-hydrogen) atoms. The highest BCUT2D eigenvalue weighted by Gasteiger charge is 2.23. The van der Waals surface area contributed by atoms with Gasteiger partial charge in [0.15, 0.2) is 0 Å². The van der Waals surface area contributed by atoms with Crippen molar-refractivity contribution in [3.63, 3.8) is 0 Å². The monoisotopic (exact) mass is 216 g/mol. The van der Waals surface area contributed by atoms with E-state index in [-0.39, 0.29) is 12.1 Å². The van der Waals surface area contributed by atoms with Crippen LogP contribution in [0.3, 0.4) is 0 Å². The fourth-order valence-corrected chi connectivity index (χ4v) is 1.81. The van der Waals surface area contributed by atoms with Gasteiger partial charge in [0.2, 0.25) is 0 Å². The van der Waals surface area contributed by atoms with Crippen LogP contribution in [0.4, 0.5) is 0 Å². The number of carbonyl (C=O) groups is 1. The molecule has 1 aliphatic heterocycles. The van der Waals surface area contributed by atoms with Crippen LogP contribution < -0.4 is 0 Å². The van der Waals surface area contributed by atoms with Crippen LogP contribution in [0.2, 0.25) is 0 Å². The van der Waals surface area contributed by atoms with Gasteiger partial charge in [-0.3, -0.25) is 0 Å². The zero-order valence-electron chi connectivity index (χ0n) is 8.59. The molecular weight excluding hydrogens is 200 g/mol. The molecule has 3 heteroatoms. The largest absolute Gasteiger partial charge is 0.453 e. The predicted molar refractivity (Wildman–Crippen MR) is 57.2 cm³/mol. The Morgan fingerprint density at radius 3 is 2.64 bits per heavy atom. The smallest absolute Gasteiger partial charge is 0.332 e. The zero-order valence-corrected chi connectivity index (χ0v) is 9.35. The van der Waals surface area contributed by atoms with Crippen molar-refractivity contribution < 1.29 is 9.53 Å². The van der Waals surface area contributed by atoms with Crippen LogP contribution in [-0.2, 0) is 9.53 Å². The minimum atomic E-state index is -0.298. The lowest BCUT2D eigenvalue weighted by atomic mass is 10.1. The van der Waals surface area contributed by atoms with Gasteiger partial charge < -0.3 is 4.74 Å². The summed E-state index contributed by atoms with van der Waals surface area (Å²) in [5.74, 6) is -0.298. The van der Waals surface area contributed by atoms with Gasteiger partial charge in [-0.2, -0.15) is 0 Å². The average molecular weight is 217 g/mol. The summed E-state index contributed by atoms with van der Waals surface area (Å²) >= 11 is 5.83. The molecule has 2 nitrogen and oxygen atoms in total. The summed E-state index contributed by atoms with van der Waals surface area (Å²) in [4.78, 5) is 10.8. The van der Waals surface area contributed by atoms with E-state index >= 15 is 0 Å². The first kappa shape index (κ1) is 11.6. The van der Waals surface area contributed by atoms with Crippen molar-refractivity contribution in [1.82, 2.24) is 0 Å². The molecule has 0 N–H and O–H groups in total. The first-order valence-corrected chi connectivity index (χ1v) is 5.69. The number of hydrogen-bond acceptors (Lipinski definition) is 2. The molecular formula is C11H17ClO2. The predicted octanol–water partition coefficient (Wildman–Crippen LogP) is 3.40. The van der Waals surface area contributed by atoms with E-state index in [1.54, 1.807) is 0 Å². The van der Waals surface area contributed by atoms with Crippen molar-refractivity contribution in [3.05, 3.63) is 11.1 Å². The Balaban J connectivity index is 2.08. The summed E-state index contributed by atoms with van der Waals surface area (Å²) in [5.41, 5.74) is 0. The highest BCUT2D eigenvalue weighted by molar-refractivity contribution is 6.32. The van der Waals surface area contributed by atoms with Gasteiger partial charge in [0.1, 0.15) is 6.10 Å². The SMILES string of the molecule is CCCCCCCC1OC(=O)C=C1Cl. The lowest BCUT2D eigenvalue weighted by molar-refractivity contribution is -0.138. The second-order valence-electron chi connectivity index (χ2n) is 3.66. The number of halogens is 1. The van der Waals surface area contributed by atoms with Crippen molar-refractivity contribution in [2.45, 2.75) is 51.6 Å². The fraction of sp³-hybridized carbons (Fsp3) is 0.727. The Hall–Kier alpha value is -0.500. The van der Waals surface area contributed by atoms with E-state index in [0.29, 0.717) is 5.03 Å². The van der Waals surface area contributed by atoms with E-state index < -0.39 is 0 Å². The van der Waals surface area contributed by atoms with Crippen molar-refractivity contribution in [2.75, 3.05) is 0 Å². The first-order chi connectivity index (χ1) is 6.74. The molecule has 0 spiro atoms. The Morgan fingerprint density at radius 1 is 1.36 bits per heavy atom. The van der Waals surface area contributed by atoms with Crippen LogP contribution in [0.5, 0.6) is 0 Å². The number of esters is 1. The second-order valence-corrected chi connectivity index (χ2v) is 4.09. The molecule has 0 radical (unpaired) electrons. The fourth-order valence-electron chi connectivity index (χ4n) is 1.57. The molecule has 80 valence electrons.